The molecule has 0 radical (unpaired) electrons. The minimum atomic E-state index is -0.285. The van der Waals surface area contributed by atoms with Crippen LogP contribution < -0.4 is 16.4 Å². The number of nitrogens with two attached hydrogens (primary N) is 1. The third kappa shape index (κ3) is 4.35. The molecule has 3 nitrogen and oxygen atoms in total. The maximum atomic E-state index is 5.93. The van der Waals surface area contributed by atoms with Crippen LogP contribution in [0.1, 0.15) is 27.2 Å². The van der Waals surface area contributed by atoms with Gasteiger partial charge in [-0.3, -0.25) is 0 Å². The Labute approximate surface area is 69.7 Å². The van der Waals surface area contributed by atoms with Gasteiger partial charge in [-0.1, -0.05) is 0 Å². The van der Waals surface area contributed by atoms with Gasteiger partial charge in [-0.15, -0.1) is 0 Å². The van der Waals surface area contributed by atoms with E-state index < -0.39 is 0 Å². The third-order valence-corrected chi connectivity index (χ3v) is 2.06. The van der Waals surface area contributed by atoms with Gasteiger partial charge in [0.25, 0.3) is 0 Å². The van der Waals surface area contributed by atoms with Gasteiger partial charge in [0.05, 0.1) is 5.66 Å². The van der Waals surface area contributed by atoms with E-state index in [4.69, 9.17) is 5.73 Å². The van der Waals surface area contributed by atoms with E-state index in [1.165, 1.54) is 0 Å². The van der Waals surface area contributed by atoms with Crippen LogP contribution in [0.3, 0.4) is 0 Å². The number of nitrogens with one attached hydrogen (secondary N) is 2. The topological polar surface area (TPSA) is 50.1 Å². The molecule has 0 amide bonds. The van der Waals surface area contributed by atoms with Crippen LogP contribution in [0.25, 0.3) is 0 Å². The van der Waals surface area contributed by atoms with E-state index in [1.54, 1.807) is 0 Å². The van der Waals surface area contributed by atoms with E-state index in [1.807, 2.05) is 21.0 Å². The first-order chi connectivity index (χ1) is 4.83. The van der Waals surface area contributed by atoms with Gasteiger partial charge in [-0.05, 0) is 41.3 Å². The molecule has 4 N–H and O–H groups in total. The molecule has 0 rings (SSSR count). The van der Waals surface area contributed by atoms with Crippen molar-refractivity contribution < 1.29 is 0 Å². The predicted octanol–water partition coefficient (Wildman–Crippen LogP) is 0.269. The molecule has 0 aromatic rings. The van der Waals surface area contributed by atoms with E-state index in [-0.39, 0.29) is 11.2 Å². The lowest BCUT2D eigenvalue weighted by Gasteiger charge is -2.34. The molecule has 1 unspecified atom stereocenters. The van der Waals surface area contributed by atoms with E-state index >= 15 is 0 Å². The summed E-state index contributed by atoms with van der Waals surface area (Å²) in [4.78, 5) is 0. The van der Waals surface area contributed by atoms with Crippen molar-refractivity contribution in [3.05, 3.63) is 0 Å². The SMILES string of the molecule is CNC(C)(C)CC(C)(N)NC. The summed E-state index contributed by atoms with van der Waals surface area (Å²) < 4.78 is 0. The molecule has 0 saturated heterocycles. The molecule has 3 heteroatoms. The van der Waals surface area contributed by atoms with Gasteiger partial charge >= 0.3 is 0 Å². The molecule has 0 aromatic heterocycles. The smallest absolute Gasteiger partial charge is 0.0648 e. The highest BCUT2D eigenvalue weighted by molar-refractivity contribution is 4.87. The quantitative estimate of drug-likeness (QED) is 0.516. The lowest BCUT2D eigenvalue weighted by molar-refractivity contribution is 0.261. The molecule has 68 valence electrons. The van der Waals surface area contributed by atoms with Gasteiger partial charge in [0, 0.05) is 5.54 Å². The second kappa shape index (κ2) is 3.52. The van der Waals surface area contributed by atoms with Crippen molar-refractivity contribution in [3.63, 3.8) is 0 Å². The van der Waals surface area contributed by atoms with Gasteiger partial charge in [-0.2, -0.15) is 0 Å². The van der Waals surface area contributed by atoms with Crippen molar-refractivity contribution in [2.75, 3.05) is 14.1 Å². The average Bonchev–Trinajstić information content (AvgIpc) is 1.86. The van der Waals surface area contributed by atoms with Crippen LogP contribution in [-0.4, -0.2) is 25.3 Å². The number of hydrogen-bond acceptors (Lipinski definition) is 3. The molecule has 0 aliphatic heterocycles. The maximum absolute atomic E-state index is 5.93. The summed E-state index contributed by atoms with van der Waals surface area (Å²) in [6.07, 6.45) is 0.896. The van der Waals surface area contributed by atoms with Gasteiger partial charge < -0.3 is 16.4 Å². The van der Waals surface area contributed by atoms with Crippen molar-refractivity contribution in [1.82, 2.24) is 10.6 Å². The lowest BCUT2D eigenvalue weighted by Crippen LogP contribution is -2.55. The summed E-state index contributed by atoms with van der Waals surface area (Å²) in [6.45, 7) is 6.26. The Morgan fingerprint density at radius 2 is 1.55 bits per heavy atom. The Morgan fingerprint density at radius 3 is 1.82 bits per heavy atom. The molecule has 0 aromatic carbocycles. The molecule has 0 bridgehead atoms. The van der Waals surface area contributed by atoms with Crippen molar-refractivity contribution in [3.8, 4) is 0 Å². The Bertz CT molecular complexity index is 105. The highest BCUT2D eigenvalue weighted by Crippen LogP contribution is 2.14. The van der Waals surface area contributed by atoms with Gasteiger partial charge in [0.1, 0.15) is 0 Å². The summed E-state index contributed by atoms with van der Waals surface area (Å²) in [5.74, 6) is 0. The number of hydrogen-bond donors (Lipinski definition) is 3. The summed E-state index contributed by atoms with van der Waals surface area (Å²) in [5.41, 5.74) is 5.73. The second-order valence-corrected chi connectivity index (χ2v) is 3.98. The second-order valence-electron chi connectivity index (χ2n) is 3.98. The molecule has 0 fully saturated rings. The maximum Gasteiger partial charge on any atom is 0.0648 e. The fraction of sp³-hybridized carbons (Fsp3) is 1.00. The normalized spacial score (nSPS) is 18.0. The van der Waals surface area contributed by atoms with E-state index in [0.717, 1.165) is 6.42 Å². The van der Waals surface area contributed by atoms with Crippen molar-refractivity contribution in [1.29, 1.82) is 0 Å². The van der Waals surface area contributed by atoms with Crippen molar-refractivity contribution >= 4 is 0 Å². The molecule has 0 aliphatic rings. The first kappa shape index (κ1) is 10.9. The van der Waals surface area contributed by atoms with Crippen LogP contribution in [0, 0.1) is 0 Å². The molecular weight excluding hydrogens is 138 g/mol. The highest BCUT2D eigenvalue weighted by atomic mass is 15.1. The Kier molecular flexibility index (Phi) is 3.48. The van der Waals surface area contributed by atoms with Crippen LogP contribution in [0.5, 0.6) is 0 Å². The fourth-order valence-corrected chi connectivity index (χ4v) is 1.09. The zero-order valence-electron chi connectivity index (χ0n) is 8.28. The summed E-state index contributed by atoms with van der Waals surface area (Å²) >= 11 is 0. The van der Waals surface area contributed by atoms with Gasteiger partial charge in [0.2, 0.25) is 0 Å². The molecule has 0 spiro atoms. The molecule has 0 saturated carbocycles. The lowest BCUT2D eigenvalue weighted by atomic mass is 9.92. The molecular formula is C8H21N3. The Hall–Kier alpha value is -0.120. The molecule has 0 aliphatic carbocycles. The van der Waals surface area contributed by atoms with Crippen molar-refractivity contribution in [2.24, 2.45) is 5.73 Å². The molecule has 1 atom stereocenters. The standard InChI is InChI=1S/C8H21N3/c1-7(2,10-4)6-8(3,9)11-5/h10-11H,6,9H2,1-5H3. The van der Waals surface area contributed by atoms with Crippen LogP contribution >= 0.6 is 0 Å². The van der Waals surface area contributed by atoms with Crippen molar-refractivity contribution in [2.45, 2.75) is 38.4 Å². The van der Waals surface area contributed by atoms with Gasteiger partial charge in [-0.25, -0.2) is 0 Å². The Balaban J connectivity index is 4.02. The highest BCUT2D eigenvalue weighted by Gasteiger charge is 2.25. The zero-order valence-corrected chi connectivity index (χ0v) is 8.28. The summed E-state index contributed by atoms with van der Waals surface area (Å²) in [7, 11) is 3.83. The predicted molar refractivity (Wildman–Crippen MR) is 49.4 cm³/mol. The Morgan fingerprint density at radius 1 is 1.09 bits per heavy atom. The van der Waals surface area contributed by atoms with Crippen LogP contribution in [0.4, 0.5) is 0 Å². The minimum absolute atomic E-state index is 0.0898. The fourth-order valence-electron chi connectivity index (χ4n) is 1.09. The molecule has 0 heterocycles. The first-order valence-electron chi connectivity index (χ1n) is 4.00. The zero-order chi connectivity index (χ0) is 9.12. The molecule has 11 heavy (non-hydrogen) atoms. The summed E-state index contributed by atoms with van der Waals surface area (Å²) in [5, 5.41) is 6.28. The number of rotatable bonds is 4. The first-order valence-corrected chi connectivity index (χ1v) is 4.00. The largest absolute Gasteiger partial charge is 0.315 e. The van der Waals surface area contributed by atoms with Crippen LogP contribution in [-0.2, 0) is 0 Å². The summed E-state index contributed by atoms with van der Waals surface area (Å²) in [6, 6.07) is 0. The third-order valence-electron chi connectivity index (χ3n) is 2.06. The monoisotopic (exact) mass is 159 g/mol. The van der Waals surface area contributed by atoms with E-state index in [9.17, 15) is 0 Å². The average molecular weight is 159 g/mol. The van der Waals surface area contributed by atoms with Crippen LogP contribution in [0.2, 0.25) is 0 Å². The minimum Gasteiger partial charge on any atom is -0.315 e. The van der Waals surface area contributed by atoms with Gasteiger partial charge in [0.15, 0.2) is 0 Å². The van der Waals surface area contributed by atoms with E-state index in [0.29, 0.717) is 0 Å². The van der Waals surface area contributed by atoms with Crippen LogP contribution in [0.15, 0.2) is 0 Å². The van der Waals surface area contributed by atoms with E-state index in [2.05, 4.69) is 24.5 Å².